The largest absolute Gasteiger partial charge is 0.466 e. The first-order valence-corrected chi connectivity index (χ1v) is 5.62. The Morgan fingerprint density at radius 1 is 1.21 bits per heavy atom. The van der Waals surface area contributed by atoms with Gasteiger partial charge in [-0.2, -0.15) is 0 Å². The van der Waals surface area contributed by atoms with Crippen LogP contribution in [0.1, 0.15) is 52.4 Å². The van der Waals surface area contributed by atoms with Crippen LogP contribution in [-0.4, -0.2) is 0 Å². The van der Waals surface area contributed by atoms with Gasteiger partial charge in [0.25, 0.3) is 0 Å². The molecular formula is C12H21NO. The zero-order valence-corrected chi connectivity index (χ0v) is 9.31. The maximum atomic E-state index is 5.43. The van der Waals surface area contributed by atoms with Crippen molar-refractivity contribution in [1.29, 1.82) is 0 Å². The Labute approximate surface area is 87.0 Å². The molecule has 0 spiro atoms. The highest BCUT2D eigenvalue weighted by atomic mass is 16.5. The molecule has 0 fully saturated rings. The molecule has 0 bridgehead atoms. The average Bonchev–Trinajstić information content (AvgIpc) is 2.20. The molecule has 80 valence electrons. The lowest BCUT2D eigenvalue weighted by Gasteiger charge is -2.15. The molecule has 0 radical (unpaired) electrons. The third kappa shape index (κ3) is 3.86. The molecule has 1 N–H and O–H groups in total. The minimum atomic E-state index is 1.06. The lowest BCUT2D eigenvalue weighted by atomic mass is 10.1. The van der Waals surface area contributed by atoms with Gasteiger partial charge in [-0.1, -0.05) is 32.6 Å². The van der Waals surface area contributed by atoms with Crippen molar-refractivity contribution in [2.45, 2.75) is 52.4 Å². The maximum Gasteiger partial charge on any atom is 0.122 e. The fourth-order valence-electron chi connectivity index (χ4n) is 1.58. The molecule has 0 saturated heterocycles. The molecule has 2 heteroatoms. The summed E-state index contributed by atoms with van der Waals surface area (Å²) in [5.74, 6) is 1.10. The summed E-state index contributed by atoms with van der Waals surface area (Å²) in [6.45, 7) is 4.30. The van der Waals surface area contributed by atoms with Gasteiger partial charge in [-0.25, -0.2) is 0 Å². The summed E-state index contributed by atoms with van der Waals surface area (Å²) in [5.41, 5.74) is 1.16. The maximum absolute atomic E-state index is 5.43. The van der Waals surface area contributed by atoms with Crippen LogP contribution in [0.2, 0.25) is 0 Å². The van der Waals surface area contributed by atoms with Crippen molar-refractivity contribution in [3.05, 3.63) is 23.9 Å². The molecule has 0 unspecified atom stereocenters. The lowest BCUT2D eigenvalue weighted by Crippen LogP contribution is -2.10. The second kappa shape index (κ2) is 6.52. The van der Waals surface area contributed by atoms with Crippen LogP contribution in [0.25, 0.3) is 0 Å². The standard InChI is InChI=1S/C12H21NO/c1-3-4-5-6-7-8-12-11(2)13-9-10-14-12/h9-10,13H,3-8H2,1-2H3. The summed E-state index contributed by atoms with van der Waals surface area (Å²) in [4.78, 5) is 0. The number of nitrogens with one attached hydrogen (secondary N) is 1. The first-order chi connectivity index (χ1) is 6.84. The minimum absolute atomic E-state index is 1.06. The normalized spacial score (nSPS) is 15.3. The quantitative estimate of drug-likeness (QED) is 0.653. The summed E-state index contributed by atoms with van der Waals surface area (Å²) < 4.78 is 5.43. The molecule has 0 amide bonds. The molecule has 0 aromatic carbocycles. The molecule has 1 aliphatic rings. The Kier molecular flexibility index (Phi) is 5.20. The van der Waals surface area contributed by atoms with Gasteiger partial charge < -0.3 is 10.1 Å². The second-order valence-corrected chi connectivity index (χ2v) is 3.78. The molecule has 2 nitrogen and oxygen atoms in total. The van der Waals surface area contributed by atoms with Gasteiger partial charge in [-0.3, -0.25) is 0 Å². The van der Waals surface area contributed by atoms with Gasteiger partial charge in [-0.05, 0) is 13.3 Å². The van der Waals surface area contributed by atoms with Crippen LogP contribution in [0, 0.1) is 0 Å². The smallest absolute Gasteiger partial charge is 0.122 e. The summed E-state index contributed by atoms with van der Waals surface area (Å²) >= 11 is 0. The van der Waals surface area contributed by atoms with E-state index in [1.807, 2.05) is 6.20 Å². The SMILES string of the molecule is CCCCCCCC1=C(C)NC=CO1. The third-order valence-corrected chi connectivity index (χ3v) is 2.50. The summed E-state index contributed by atoms with van der Waals surface area (Å²) in [7, 11) is 0. The monoisotopic (exact) mass is 195 g/mol. The number of rotatable bonds is 6. The highest BCUT2D eigenvalue weighted by Crippen LogP contribution is 2.17. The second-order valence-electron chi connectivity index (χ2n) is 3.78. The van der Waals surface area contributed by atoms with Crippen molar-refractivity contribution in [2.75, 3.05) is 0 Å². The molecule has 1 aliphatic heterocycles. The van der Waals surface area contributed by atoms with Crippen molar-refractivity contribution in [1.82, 2.24) is 5.32 Å². The van der Waals surface area contributed by atoms with Crippen molar-refractivity contribution in [2.24, 2.45) is 0 Å². The van der Waals surface area contributed by atoms with E-state index in [0.717, 1.165) is 17.9 Å². The Bertz CT molecular complexity index is 218. The van der Waals surface area contributed by atoms with Crippen LogP contribution in [0.15, 0.2) is 23.9 Å². The average molecular weight is 195 g/mol. The van der Waals surface area contributed by atoms with E-state index < -0.39 is 0 Å². The fraction of sp³-hybridized carbons (Fsp3) is 0.667. The number of allylic oxidation sites excluding steroid dienone is 2. The molecular weight excluding hydrogens is 174 g/mol. The van der Waals surface area contributed by atoms with E-state index in [-0.39, 0.29) is 0 Å². The summed E-state index contributed by atoms with van der Waals surface area (Å²) in [6, 6.07) is 0. The van der Waals surface area contributed by atoms with E-state index in [1.54, 1.807) is 6.26 Å². The van der Waals surface area contributed by atoms with Crippen molar-refractivity contribution >= 4 is 0 Å². The first-order valence-electron chi connectivity index (χ1n) is 5.62. The third-order valence-electron chi connectivity index (χ3n) is 2.50. The molecule has 0 aromatic heterocycles. The van der Waals surface area contributed by atoms with E-state index in [4.69, 9.17) is 4.74 Å². The molecule has 0 aromatic rings. The highest BCUT2D eigenvalue weighted by Gasteiger charge is 2.05. The van der Waals surface area contributed by atoms with Crippen molar-refractivity contribution in [3.8, 4) is 0 Å². The van der Waals surface area contributed by atoms with Gasteiger partial charge in [0.2, 0.25) is 0 Å². The molecule has 1 heterocycles. The van der Waals surface area contributed by atoms with Gasteiger partial charge >= 0.3 is 0 Å². The van der Waals surface area contributed by atoms with Gasteiger partial charge in [0.1, 0.15) is 12.0 Å². The van der Waals surface area contributed by atoms with Gasteiger partial charge in [0, 0.05) is 12.6 Å². The van der Waals surface area contributed by atoms with Crippen LogP contribution >= 0.6 is 0 Å². The topological polar surface area (TPSA) is 21.3 Å². The number of hydrogen-bond acceptors (Lipinski definition) is 2. The van der Waals surface area contributed by atoms with Gasteiger partial charge in [0.05, 0.1) is 5.70 Å². The van der Waals surface area contributed by atoms with Gasteiger partial charge in [0.15, 0.2) is 0 Å². The zero-order valence-electron chi connectivity index (χ0n) is 9.31. The predicted molar refractivity (Wildman–Crippen MR) is 59.4 cm³/mol. The summed E-state index contributed by atoms with van der Waals surface area (Å²) in [5, 5.41) is 3.16. The number of ether oxygens (including phenoxy) is 1. The van der Waals surface area contributed by atoms with E-state index in [0.29, 0.717) is 0 Å². The predicted octanol–water partition coefficient (Wildman–Crippen LogP) is 3.67. The van der Waals surface area contributed by atoms with Crippen molar-refractivity contribution < 1.29 is 4.74 Å². The van der Waals surface area contributed by atoms with Crippen molar-refractivity contribution in [3.63, 3.8) is 0 Å². The Hall–Kier alpha value is -0.920. The van der Waals surface area contributed by atoms with E-state index in [2.05, 4.69) is 19.2 Å². The Morgan fingerprint density at radius 3 is 2.71 bits per heavy atom. The number of hydrogen-bond donors (Lipinski definition) is 1. The molecule has 0 atom stereocenters. The van der Waals surface area contributed by atoms with Crippen LogP contribution in [0.5, 0.6) is 0 Å². The lowest BCUT2D eigenvalue weighted by molar-refractivity contribution is 0.309. The van der Waals surface area contributed by atoms with Crippen LogP contribution in [-0.2, 0) is 4.74 Å². The minimum Gasteiger partial charge on any atom is -0.466 e. The highest BCUT2D eigenvalue weighted by molar-refractivity contribution is 5.10. The molecule has 14 heavy (non-hydrogen) atoms. The first kappa shape index (κ1) is 11.2. The van der Waals surface area contributed by atoms with E-state index in [9.17, 15) is 0 Å². The van der Waals surface area contributed by atoms with Gasteiger partial charge in [-0.15, -0.1) is 0 Å². The molecule has 0 saturated carbocycles. The van der Waals surface area contributed by atoms with Crippen LogP contribution in [0.3, 0.4) is 0 Å². The Balaban J connectivity index is 2.11. The molecule has 1 rings (SSSR count). The zero-order chi connectivity index (χ0) is 10.2. The molecule has 0 aliphatic carbocycles. The summed E-state index contributed by atoms with van der Waals surface area (Å²) in [6.07, 6.45) is 11.2. The Morgan fingerprint density at radius 2 is 2.00 bits per heavy atom. The van der Waals surface area contributed by atoms with E-state index in [1.165, 1.54) is 32.1 Å². The van der Waals surface area contributed by atoms with E-state index >= 15 is 0 Å². The number of unbranched alkanes of at least 4 members (excludes halogenated alkanes) is 4. The fourth-order valence-corrected chi connectivity index (χ4v) is 1.58. The van der Waals surface area contributed by atoms with Crippen LogP contribution in [0.4, 0.5) is 0 Å². The van der Waals surface area contributed by atoms with Crippen LogP contribution < -0.4 is 5.32 Å².